The number of ether oxygens (including phenoxy) is 1. The topological polar surface area (TPSA) is 63.2 Å². The largest absolute Gasteiger partial charge is 0.489 e. The maximum Gasteiger partial charge on any atom is 0.255 e. The number of para-hydroxylation sites is 2. The number of rotatable bonds is 6. The Balaban J connectivity index is 1.76. The van der Waals surface area contributed by atoms with Crippen molar-refractivity contribution < 1.29 is 9.53 Å². The van der Waals surface area contributed by atoms with Gasteiger partial charge in [0.05, 0.1) is 11.8 Å². The third kappa shape index (κ3) is 5.07. The third-order valence-corrected chi connectivity index (χ3v) is 3.81. The molecular formula is C22H23N3O2. The molecule has 0 saturated heterocycles. The van der Waals surface area contributed by atoms with E-state index in [0.717, 1.165) is 11.3 Å². The molecule has 1 heterocycles. The average molecular weight is 361 g/mol. The lowest BCUT2D eigenvalue weighted by Crippen LogP contribution is -2.14. The highest BCUT2D eigenvalue weighted by Gasteiger charge is 2.11. The van der Waals surface area contributed by atoms with Gasteiger partial charge in [-0.15, -0.1) is 0 Å². The number of carbonyl (C=O) groups excluding carboxylic acids is 1. The van der Waals surface area contributed by atoms with E-state index in [4.69, 9.17) is 4.74 Å². The van der Waals surface area contributed by atoms with E-state index in [2.05, 4.69) is 15.6 Å². The van der Waals surface area contributed by atoms with Crippen LogP contribution in [0, 0.1) is 6.92 Å². The number of amides is 1. The van der Waals surface area contributed by atoms with Crippen LogP contribution in [-0.2, 0) is 0 Å². The van der Waals surface area contributed by atoms with E-state index < -0.39 is 0 Å². The number of pyridine rings is 1. The fourth-order valence-electron chi connectivity index (χ4n) is 2.63. The van der Waals surface area contributed by atoms with Crippen molar-refractivity contribution in [3.63, 3.8) is 0 Å². The molecule has 0 radical (unpaired) electrons. The molecule has 0 fully saturated rings. The van der Waals surface area contributed by atoms with Gasteiger partial charge in [-0.25, -0.2) is 4.98 Å². The molecule has 5 heteroatoms. The molecule has 5 nitrogen and oxygen atoms in total. The zero-order valence-electron chi connectivity index (χ0n) is 15.7. The van der Waals surface area contributed by atoms with Gasteiger partial charge in [-0.3, -0.25) is 4.79 Å². The van der Waals surface area contributed by atoms with E-state index in [1.807, 2.05) is 69.3 Å². The fourth-order valence-corrected chi connectivity index (χ4v) is 2.63. The molecule has 0 spiro atoms. The van der Waals surface area contributed by atoms with Gasteiger partial charge >= 0.3 is 0 Å². The minimum atomic E-state index is -0.218. The second-order valence-electron chi connectivity index (χ2n) is 6.54. The molecule has 0 bridgehead atoms. The molecule has 0 atom stereocenters. The normalized spacial score (nSPS) is 10.5. The van der Waals surface area contributed by atoms with E-state index in [0.29, 0.717) is 22.8 Å². The minimum absolute atomic E-state index is 0.0223. The van der Waals surface area contributed by atoms with E-state index >= 15 is 0 Å². The lowest BCUT2D eigenvalue weighted by atomic mass is 10.2. The van der Waals surface area contributed by atoms with Crippen LogP contribution in [0.2, 0.25) is 0 Å². The molecule has 2 N–H and O–H groups in total. The number of hydrogen-bond acceptors (Lipinski definition) is 4. The van der Waals surface area contributed by atoms with Crippen LogP contribution < -0.4 is 15.4 Å². The van der Waals surface area contributed by atoms with Gasteiger partial charge in [0, 0.05) is 17.4 Å². The summed E-state index contributed by atoms with van der Waals surface area (Å²) in [5, 5.41) is 6.14. The maximum absolute atomic E-state index is 12.7. The second kappa shape index (κ2) is 8.36. The van der Waals surface area contributed by atoms with Crippen molar-refractivity contribution in [3.8, 4) is 5.75 Å². The number of anilines is 3. The quantitative estimate of drug-likeness (QED) is 0.635. The molecule has 0 aliphatic rings. The Kier molecular flexibility index (Phi) is 5.71. The molecule has 3 rings (SSSR count). The van der Waals surface area contributed by atoms with Crippen molar-refractivity contribution in [2.45, 2.75) is 26.9 Å². The molecule has 0 unspecified atom stereocenters. The summed E-state index contributed by atoms with van der Waals surface area (Å²) in [4.78, 5) is 17.0. The Morgan fingerprint density at radius 2 is 1.85 bits per heavy atom. The van der Waals surface area contributed by atoms with Crippen LogP contribution in [0.15, 0.2) is 66.9 Å². The van der Waals surface area contributed by atoms with Crippen LogP contribution in [0.1, 0.15) is 29.8 Å². The highest BCUT2D eigenvalue weighted by molar-refractivity contribution is 6.05. The Bertz CT molecular complexity index is 938. The molecule has 0 aliphatic heterocycles. The summed E-state index contributed by atoms with van der Waals surface area (Å²) in [6.45, 7) is 5.93. The lowest BCUT2D eigenvalue weighted by molar-refractivity contribution is 0.102. The van der Waals surface area contributed by atoms with Crippen LogP contribution >= 0.6 is 0 Å². The number of nitrogens with one attached hydrogen (secondary N) is 2. The van der Waals surface area contributed by atoms with Gasteiger partial charge in [-0.1, -0.05) is 24.3 Å². The summed E-state index contributed by atoms with van der Waals surface area (Å²) in [5.74, 6) is 1.04. The van der Waals surface area contributed by atoms with Crippen molar-refractivity contribution in [2.75, 3.05) is 10.6 Å². The zero-order chi connectivity index (χ0) is 19.2. The Morgan fingerprint density at radius 1 is 1.04 bits per heavy atom. The van der Waals surface area contributed by atoms with Crippen LogP contribution in [0.25, 0.3) is 0 Å². The van der Waals surface area contributed by atoms with E-state index in [-0.39, 0.29) is 12.0 Å². The van der Waals surface area contributed by atoms with Crippen LogP contribution in [0.5, 0.6) is 5.75 Å². The molecule has 138 valence electrons. The smallest absolute Gasteiger partial charge is 0.255 e. The Hall–Kier alpha value is -3.34. The second-order valence-corrected chi connectivity index (χ2v) is 6.54. The van der Waals surface area contributed by atoms with Gasteiger partial charge in [-0.2, -0.15) is 0 Å². The first kappa shape index (κ1) is 18.5. The average Bonchev–Trinajstić information content (AvgIpc) is 2.63. The van der Waals surface area contributed by atoms with Gasteiger partial charge < -0.3 is 15.4 Å². The first-order chi connectivity index (χ1) is 13.0. The first-order valence-electron chi connectivity index (χ1n) is 8.88. The van der Waals surface area contributed by atoms with Crippen LogP contribution in [0.4, 0.5) is 17.2 Å². The third-order valence-electron chi connectivity index (χ3n) is 3.81. The molecule has 0 aliphatic carbocycles. The summed E-state index contributed by atoms with van der Waals surface area (Å²) in [5.41, 5.74) is 3.23. The highest BCUT2D eigenvalue weighted by Crippen LogP contribution is 2.25. The molecule has 27 heavy (non-hydrogen) atoms. The fraction of sp³-hybridized carbons (Fsp3) is 0.182. The van der Waals surface area contributed by atoms with E-state index in [1.54, 1.807) is 18.3 Å². The molecule has 1 aromatic heterocycles. The van der Waals surface area contributed by atoms with Crippen molar-refractivity contribution in [1.29, 1.82) is 0 Å². The summed E-state index contributed by atoms with van der Waals surface area (Å²) in [7, 11) is 0. The molecule has 1 amide bonds. The van der Waals surface area contributed by atoms with Crippen molar-refractivity contribution in [3.05, 3.63) is 78.0 Å². The Labute approximate surface area is 159 Å². The van der Waals surface area contributed by atoms with Gasteiger partial charge in [0.15, 0.2) is 0 Å². The predicted molar refractivity (Wildman–Crippen MR) is 109 cm³/mol. The molecule has 2 aromatic carbocycles. The van der Waals surface area contributed by atoms with Crippen LogP contribution in [-0.4, -0.2) is 17.0 Å². The number of carbonyl (C=O) groups is 1. The van der Waals surface area contributed by atoms with Crippen molar-refractivity contribution in [2.24, 2.45) is 0 Å². The number of hydrogen-bond donors (Lipinski definition) is 2. The highest BCUT2D eigenvalue weighted by atomic mass is 16.5. The number of aromatic nitrogens is 1. The SMILES string of the molecule is Cc1cccc(Nc2cc(C(=O)Nc3ccccc3OC(C)C)ccn2)c1. The van der Waals surface area contributed by atoms with Crippen LogP contribution in [0.3, 0.4) is 0 Å². The van der Waals surface area contributed by atoms with E-state index in [9.17, 15) is 4.79 Å². The Morgan fingerprint density at radius 3 is 2.63 bits per heavy atom. The first-order valence-corrected chi connectivity index (χ1v) is 8.88. The maximum atomic E-state index is 12.7. The number of aryl methyl sites for hydroxylation is 1. The number of nitrogens with zero attached hydrogens (tertiary/aromatic N) is 1. The van der Waals surface area contributed by atoms with E-state index in [1.165, 1.54) is 0 Å². The van der Waals surface area contributed by atoms with Crippen molar-refractivity contribution >= 4 is 23.1 Å². The standard InChI is InChI=1S/C22H23N3O2/c1-15(2)27-20-10-5-4-9-19(20)25-22(26)17-11-12-23-21(14-17)24-18-8-6-7-16(3)13-18/h4-15H,1-3H3,(H,23,24)(H,25,26). The summed E-state index contributed by atoms with van der Waals surface area (Å²) in [6, 6.07) is 18.8. The zero-order valence-corrected chi connectivity index (χ0v) is 15.7. The summed E-state index contributed by atoms with van der Waals surface area (Å²) in [6.07, 6.45) is 1.64. The summed E-state index contributed by atoms with van der Waals surface area (Å²) >= 11 is 0. The summed E-state index contributed by atoms with van der Waals surface area (Å²) < 4.78 is 5.76. The predicted octanol–water partition coefficient (Wildman–Crippen LogP) is 5.17. The molecular weight excluding hydrogens is 338 g/mol. The van der Waals surface area contributed by atoms with Gasteiger partial charge in [0.2, 0.25) is 0 Å². The monoisotopic (exact) mass is 361 g/mol. The molecule has 0 saturated carbocycles. The van der Waals surface area contributed by atoms with Gasteiger partial charge in [-0.05, 0) is 62.7 Å². The lowest BCUT2D eigenvalue weighted by Gasteiger charge is -2.15. The minimum Gasteiger partial charge on any atom is -0.489 e. The number of benzene rings is 2. The van der Waals surface area contributed by atoms with Crippen molar-refractivity contribution in [1.82, 2.24) is 4.98 Å². The van der Waals surface area contributed by atoms with Gasteiger partial charge in [0.1, 0.15) is 11.6 Å². The van der Waals surface area contributed by atoms with Gasteiger partial charge in [0.25, 0.3) is 5.91 Å². The molecule has 3 aromatic rings.